The van der Waals surface area contributed by atoms with Crippen LogP contribution in [0.15, 0.2) is 47.8 Å². The van der Waals surface area contributed by atoms with Crippen LogP contribution in [-0.4, -0.2) is 35.4 Å². The summed E-state index contributed by atoms with van der Waals surface area (Å²) in [7, 11) is 1.76. The third-order valence-corrected chi connectivity index (χ3v) is 6.78. The molecule has 176 valence electrons. The molecule has 0 aliphatic carbocycles. The lowest BCUT2D eigenvalue weighted by Gasteiger charge is -2.31. The van der Waals surface area contributed by atoms with Gasteiger partial charge in [-0.3, -0.25) is 13.8 Å². The zero-order valence-corrected chi connectivity index (χ0v) is 20.1. The molecule has 0 unspecified atom stereocenters. The third kappa shape index (κ3) is 3.50. The molecule has 10 heteroatoms. The molecular weight excluding hydrogens is 464 g/mol. The number of pyridine rings is 1. The number of nitrogens with zero attached hydrogens (tertiary/aromatic N) is 7. The van der Waals surface area contributed by atoms with E-state index in [0.717, 1.165) is 47.4 Å². The average molecular weight is 487 g/mol. The van der Waals surface area contributed by atoms with Crippen LogP contribution < -0.4 is 16.2 Å². The molecule has 0 spiro atoms. The van der Waals surface area contributed by atoms with E-state index in [4.69, 9.17) is 17.3 Å². The van der Waals surface area contributed by atoms with Crippen molar-refractivity contribution in [2.24, 2.45) is 7.05 Å². The number of nitrogens with two attached hydrogens (primary N) is 1. The summed E-state index contributed by atoms with van der Waals surface area (Å²) in [5, 5.41) is 1.16. The number of fused-ring (bicyclic) bond motifs is 4. The zero-order chi connectivity index (χ0) is 24.3. The number of aromatic nitrogens is 6. The smallest absolute Gasteiger partial charge is 0.261 e. The molecule has 1 aliphatic rings. The largest absolute Gasteiger partial charge is 0.368 e. The minimum absolute atomic E-state index is 0.0805. The second-order valence-corrected chi connectivity index (χ2v) is 9.31. The predicted molar refractivity (Wildman–Crippen MR) is 137 cm³/mol. The maximum atomic E-state index is 13.5. The summed E-state index contributed by atoms with van der Waals surface area (Å²) in [5.74, 6) is 0.187. The van der Waals surface area contributed by atoms with Crippen LogP contribution in [0.5, 0.6) is 0 Å². The molecule has 1 aromatic carbocycles. The van der Waals surface area contributed by atoms with Crippen LogP contribution in [0.4, 0.5) is 11.6 Å². The summed E-state index contributed by atoms with van der Waals surface area (Å²) in [6, 6.07) is 7.95. The number of rotatable bonds is 3. The van der Waals surface area contributed by atoms with Crippen molar-refractivity contribution in [2.45, 2.75) is 26.3 Å². The van der Waals surface area contributed by atoms with Crippen LogP contribution in [-0.2, 0) is 20.0 Å². The molecule has 1 aliphatic heterocycles. The Morgan fingerprint density at radius 1 is 1.14 bits per heavy atom. The molecule has 0 radical (unpaired) electrons. The Bertz CT molecular complexity index is 1670. The zero-order valence-electron chi connectivity index (χ0n) is 19.4. The van der Waals surface area contributed by atoms with Gasteiger partial charge in [-0.15, -0.1) is 0 Å². The average Bonchev–Trinajstić information content (AvgIpc) is 3.28. The topological polar surface area (TPSA) is 107 Å². The number of hydrogen-bond acceptors (Lipinski definition) is 7. The molecule has 35 heavy (non-hydrogen) atoms. The summed E-state index contributed by atoms with van der Waals surface area (Å²) >= 11 is 6.15. The van der Waals surface area contributed by atoms with Crippen LogP contribution in [0.25, 0.3) is 27.8 Å². The second-order valence-electron chi connectivity index (χ2n) is 8.93. The highest BCUT2D eigenvalue weighted by molar-refractivity contribution is 6.29. The summed E-state index contributed by atoms with van der Waals surface area (Å²) in [4.78, 5) is 33.2. The molecule has 2 N–H and O–H groups in total. The van der Waals surface area contributed by atoms with Gasteiger partial charge in [0.05, 0.1) is 22.3 Å². The van der Waals surface area contributed by atoms with Gasteiger partial charge in [0.15, 0.2) is 0 Å². The predicted octanol–water partition coefficient (Wildman–Crippen LogP) is 3.54. The molecule has 9 nitrogen and oxygen atoms in total. The number of nitrogen functional groups attached to an aromatic ring is 1. The van der Waals surface area contributed by atoms with E-state index in [-0.39, 0.29) is 11.5 Å². The van der Waals surface area contributed by atoms with E-state index >= 15 is 0 Å². The van der Waals surface area contributed by atoms with Crippen LogP contribution in [0.1, 0.15) is 23.2 Å². The minimum Gasteiger partial charge on any atom is -0.368 e. The lowest BCUT2D eigenvalue weighted by atomic mass is 10.0. The van der Waals surface area contributed by atoms with Crippen molar-refractivity contribution < 1.29 is 0 Å². The fourth-order valence-electron chi connectivity index (χ4n) is 5.06. The highest BCUT2D eigenvalue weighted by Crippen LogP contribution is 2.31. The number of benzene rings is 1. The number of aryl methyl sites for hydroxylation is 3. The minimum atomic E-state index is -0.0805. The van der Waals surface area contributed by atoms with Crippen LogP contribution >= 0.6 is 11.6 Å². The van der Waals surface area contributed by atoms with Gasteiger partial charge in [0.25, 0.3) is 5.56 Å². The first-order valence-corrected chi connectivity index (χ1v) is 11.8. The molecule has 0 fully saturated rings. The van der Waals surface area contributed by atoms with Crippen molar-refractivity contribution in [3.8, 4) is 11.3 Å². The van der Waals surface area contributed by atoms with Crippen molar-refractivity contribution in [1.82, 2.24) is 28.9 Å². The van der Waals surface area contributed by atoms with E-state index in [1.165, 1.54) is 0 Å². The first kappa shape index (κ1) is 21.5. The standard InChI is InChI=1S/C25H23ClN8O/c1-14-8-15(12-33-7-3-4-18-19(33)5-6-20(26)31-18)22-17(9-14)24(35)32(2)23-21(30-13-34(22)23)16-10-28-25(27)29-11-16/h5-6,8-11,13H,3-4,7,12H2,1-2H3,(H2,27,28,29). The molecule has 6 rings (SSSR count). The number of halogens is 1. The fourth-order valence-corrected chi connectivity index (χ4v) is 5.22. The van der Waals surface area contributed by atoms with Crippen molar-refractivity contribution in [3.63, 3.8) is 0 Å². The number of imidazole rings is 1. The molecule has 0 saturated carbocycles. The Labute approximate surface area is 205 Å². The summed E-state index contributed by atoms with van der Waals surface area (Å²) in [5.41, 5.74) is 12.6. The van der Waals surface area contributed by atoms with Crippen molar-refractivity contribution in [2.75, 3.05) is 17.2 Å². The molecule has 0 atom stereocenters. The van der Waals surface area contributed by atoms with Gasteiger partial charge in [-0.25, -0.2) is 19.9 Å². The Balaban J connectivity index is 1.57. The maximum absolute atomic E-state index is 13.5. The van der Waals surface area contributed by atoms with E-state index in [1.54, 1.807) is 30.3 Å². The Morgan fingerprint density at radius 3 is 2.74 bits per heavy atom. The van der Waals surface area contributed by atoms with Crippen LogP contribution in [0, 0.1) is 6.92 Å². The highest BCUT2D eigenvalue weighted by Gasteiger charge is 2.22. The molecule has 5 aromatic rings. The Hall–Kier alpha value is -3.98. The van der Waals surface area contributed by atoms with Gasteiger partial charge in [0.2, 0.25) is 5.95 Å². The SMILES string of the molecule is Cc1cc(CN2CCCc3nc(Cl)ccc32)c2c(c1)c(=O)n(C)c1c(-c3cnc(N)nc3)ncn21. The number of hydrogen-bond donors (Lipinski definition) is 1. The second kappa shape index (κ2) is 8.06. The Morgan fingerprint density at radius 2 is 1.94 bits per heavy atom. The molecule has 5 heterocycles. The molecule has 4 aromatic heterocycles. The molecule has 0 bridgehead atoms. The maximum Gasteiger partial charge on any atom is 0.261 e. The fraction of sp³-hybridized carbons (Fsp3) is 0.240. The van der Waals surface area contributed by atoms with E-state index < -0.39 is 0 Å². The van der Waals surface area contributed by atoms with Crippen molar-refractivity contribution in [1.29, 1.82) is 0 Å². The molecule has 0 saturated heterocycles. The van der Waals surface area contributed by atoms with Crippen molar-refractivity contribution >= 4 is 39.8 Å². The summed E-state index contributed by atoms with van der Waals surface area (Å²) < 4.78 is 3.62. The van der Waals surface area contributed by atoms with E-state index in [0.29, 0.717) is 34.0 Å². The molecular formula is C25H23ClN8O. The van der Waals surface area contributed by atoms with Gasteiger partial charge in [0.1, 0.15) is 22.8 Å². The van der Waals surface area contributed by atoms with Gasteiger partial charge < -0.3 is 10.6 Å². The highest BCUT2D eigenvalue weighted by atomic mass is 35.5. The number of anilines is 2. The monoisotopic (exact) mass is 486 g/mol. The van der Waals surface area contributed by atoms with Crippen LogP contribution in [0.2, 0.25) is 5.15 Å². The van der Waals surface area contributed by atoms with Gasteiger partial charge in [-0.05, 0) is 49.1 Å². The Kier molecular flexibility index (Phi) is 4.96. The van der Waals surface area contributed by atoms with E-state index in [2.05, 4.69) is 30.9 Å². The first-order valence-electron chi connectivity index (χ1n) is 11.4. The normalized spacial score (nSPS) is 13.5. The van der Waals surface area contributed by atoms with Gasteiger partial charge in [0, 0.05) is 38.1 Å². The van der Waals surface area contributed by atoms with Crippen LogP contribution in [0.3, 0.4) is 0 Å². The van der Waals surface area contributed by atoms with Crippen molar-refractivity contribution in [3.05, 3.63) is 75.3 Å². The third-order valence-electron chi connectivity index (χ3n) is 6.57. The van der Waals surface area contributed by atoms with Gasteiger partial charge in [-0.1, -0.05) is 17.7 Å². The lowest BCUT2D eigenvalue weighted by molar-refractivity contribution is 0.678. The summed E-state index contributed by atoms with van der Waals surface area (Å²) in [6.07, 6.45) is 6.90. The summed E-state index contributed by atoms with van der Waals surface area (Å²) in [6.45, 7) is 3.55. The van der Waals surface area contributed by atoms with E-state index in [9.17, 15) is 4.79 Å². The van der Waals surface area contributed by atoms with Gasteiger partial charge in [-0.2, -0.15) is 0 Å². The van der Waals surface area contributed by atoms with Gasteiger partial charge >= 0.3 is 0 Å². The molecule has 0 amide bonds. The lowest BCUT2D eigenvalue weighted by Crippen LogP contribution is -2.30. The first-order chi connectivity index (χ1) is 16.9. The van der Waals surface area contributed by atoms with E-state index in [1.807, 2.05) is 29.5 Å². The quantitative estimate of drug-likeness (QED) is 0.388.